The number of carbonyl (C=O) groups excluding carboxylic acids is 1. The fraction of sp³-hybridized carbons (Fsp3) is 0.214. The SMILES string of the molecule is CC(=O)N[C@H](C)c1onc(-c2ccc(Cl)cc2)c1C(=O)O. The van der Waals surface area contributed by atoms with Gasteiger partial charge in [-0.3, -0.25) is 4.79 Å². The first kappa shape index (κ1) is 15.1. The van der Waals surface area contributed by atoms with Crippen LogP contribution >= 0.6 is 11.6 Å². The van der Waals surface area contributed by atoms with E-state index in [1.807, 2.05) is 0 Å². The van der Waals surface area contributed by atoms with Gasteiger partial charge in [0, 0.05) is 17.5 Å². The van der Waals surface area contributed by atoms with Crippen LogP contribution < -0.4 is 5.32 Å². The summed E-state index contributed by atoms with van der Waals surface area (Å²) in [7, 11) is 0. The van der Waals surface area contributed by atoms with Crippen molar-refractivity contribution in [2.75, 3.05) is 0 Å². The van der Waals surface area contributed by atoms with Crippen LogP contribution in [0.25, 0.3) is 11.3 Å². The number of carboxylic acids is 1. The maximum absolute atomic E-state index is 11.5. The number of aromatic carboxylic acids is 1. The Balaban J connectivity index is 2.48. The largest absolute Gasteiger partial charge is 0.477 e. The smallest absolute Gasteiger partial charge is 0.341 e. The number of halogens is 1. The molecule has 0 unspecified atom stereocenters. The summed E-state index contributed by atoms with van der Waals surface area (Å²) in [5, 5.41) is 16.3. The number of rotatable bonds is 4. The molecular weight excluding hydrogens is 296 g/mol. The highest BCUT2D eigenvalue weighted by molar-refractivity contribution is 6.30. The molecule has 1 atom stereocenters. The van der Waals surface area contributed by atoms with Gasteiger partial charge < -0.3 is 14.9 Å². The van der Waals surface area contributed by atoms with Gasteiger partial charge in [0.25, 0.3) is 0 Å². The molecule has 7 heteroatoms. The lowest BCUT2D eigenvalue weighted by atomic mass is 10.0. The average Bonchev–Trinajstić information content (AvgIpc) is 2.83. The fourth-order valence-corrected chi connectivity index (χ4v) is 2.11. The Labute approximate surface area is 125 Å². The van der Waals surface area contributed by atoms with Gasteiger partial charge in [0.1, 0.15) is 11.3 Å². The molecule has 6 nitrogen and oxygen atoms in total. The predicted octanol–water partition coefficient (Wildman–Crippen LogP) is 2.89. The summed E-state index contributed by atoms with van der Waals surface area (Å²) >= 11 is 5.81. The number of hydrogen-bond acceptors (Lipinski definition) is 4. The summed E-state index contributed by atoms with van der Waals surface area (Å²) < 4.78 is 5.13. The van der Waals surface area contributed by atoms with Gasteiger partial charge in [0.15, 0.2) is 5.76 Å². The van der Waals surface area contributed by atoms with Crippen LogP contribution in [0.1, 0.15) is 36.0 Å². The van der Waals surface area contributed by atoms with Gasteiger partial charge in [0.05, 0.1) is 6.04 Å². The zero-order valence-corrected chi connectivity index (χ0v) is 12.1. The molecule has 0 radical (unpaired) electrons. The summed E-state index contributed by atoms with van der Waals surface area (Å²) in [6, 6.07) is 5.98. The molecule has 2 N–H and O–H groups in total. The standard InChI is InChI=1S/C14H13ClN2O4/c1-7(16-8(2)18)13-11(14(19)20)12(17-21-13)9-3-5-10(15)6-4-9/h3-7H,1-2H3,(H,16,18)(H,19,20)/t7-/m1/s1. The number of benzene rings is 1. The molecule has 0 aliphatic heterocycles. The predicted molar refractivity (Wildman–Crippen MR) is 76.1 cm³/mol. The van der Waals surface area contributed by atoms with Crippen molar-refractivity contribution >= 4 is 23.5 Å². The minimum atomic E-state index is -1.17. The molecule has 1 amide bonds. The Morgan fingerprint density at radius 3 is 2.48 bits per heavy atom. The summed E-state index contributed by atoms with van der Waals surface area (Å²) in [6.07, 6.45) is 0. The number of hydrogen-bond donors (Lipinski definition) is 2. The molecule has 0 bridgehead atoms. The van der Waals surface area contributed by atoms with Crippen molar-refractivity contribution in [3.63, 3.8) is 0 Å². The molecular formula is C14H13ClN2O4. The Morgan fingerprint density at radius 2 is 1.95 bits per heavy atom. The number of aromatic nitrogens is 1. The Kier molecular flexibility index (Phi) is 4.28. The first-order valence-electron chi connectivity index (χ1n) is 6.16. The maximum atomic E-state index is 11.5. The van der Waals surface area contributed by atoms with E-state index in [-0.39, 0.29) is 22.9 Å². The topological polar surface area (TPSA) is 92.4 Å². The van der Waals surface area contributed by atoms with E-state index in [0.29, 0.717) is 10.6 Å². The molecule has 0 fully saturated rings. The molecule has 21 heavy (non-hydrogen) atoms. The van der Waals surface area contributed by atoms with Crippen molar-refractivity contribution in [2.45, 2.75) is 19.9 Å². The molecule has 0 aliphatic rings. The summed E-state index contributed by atoms with van der Waals surface area (Å²) in [6.45, 7) is 2.97. The Bertz CT molecular complexity index is 679. The molecule has 1 heterocycles. The summed E-state index contributed by atoms with van der Waals surface area (Å²) in [5.41, 5.74) is 0.701. The lowest BCUT2D eigenvalue weighted by Gasteiger charge is -2.09. The van der Waals surface area contributed by atoms with E-state index in [9.17, 15) is 14.7 Å². The summed E-state index contributed by atoms with van der Waals surface area (Å²) in [5.74, 6) is -1.36. The van der Waals surface area contributed by atoms with Gasteiger partial charge in [-0.25, -0.2) is 4.79 Å². The maximum Gasteiger partial charge on any atom is 0.341 e. The van der Waals surface area contributed by atoms with Crippen molar-refractivity contribution in [2.24, 2.45) is 0 Å². The minimum Gasteiger partial charge on any atom is -0.477 e. The number of amides is 1. The molecule has 0 saturated carbocycles. The van der Waals surface area contributed by atoms with Crippen LogP contribution in [0.4, 0.5) is 0 Å². The van der Waals surface area contributed by atoms with Gasteiger partial charge in [-0.15, -0.1) is 0 Å². The van der Waals surface area contributed by atoms with Crippen molar-refractivity contribution < 1.29 is 19.2 Å². The van der Waals surface area contributed by atoms with Crippen molar-refractivity contribution in [1.29, 1.82) is 0 Å². The van der Waals surface area contributed by atoms with Crippen LogP contribution in [-0.2, 0) is 4.79 Å². The van der Waals surface area contributed by atoms with Crippen molar-refractivity contribution in [1.82, 2.24) is 10.5 Å². The van der Waals surface area contributed by atoms with E-state index in [1.54, 1.807) is 31.2 Å². The Hall–Kier alpha value is -2.34. The molecule has 110 valence electrons. The monoisotopic (exact) mass is 308 g/mol. The van der Waals surface area contributed by atoms with Gasteiger partial charge in [0.2, 0.25) is 5.91 Å². The first-order valence-corrected chi connectivity index (χ1v) is 6.54. The molecule has 0 aliphatic carbocycles. The van der Waals surface area contributed by atoms with Crippen molar-refractivity contribution in [3.8, 4) is 11.3 Å². The fourth-order valence-electron chi connectivity index (χ4n) is 1.98. The first-order chi connectivity index (χ1) is 9.90. The second-order valence-electron chi connectivity index (χ2n) is 4.50. The summed E-state index contributed by atoms with van der Waals surface area (Å²) in [4.78, 5) is 22.6. The molecule has 2 aromatic rings. The minimum absolute atomic E-state index is 0.0708. The van der Waals surface area contributed by atoms with E-state index in [0.717, 1.165) is 0 Å². The van der Waals surface area contributed by atoms with Crippen LogP contribution in [0.5, 0.6) is 0 Å². The molecule has 2 rings (SSSR count). The lowest BCUT2D eigenvalue weighted by molar-refractivity contribution is -0.119. The van der Waals surface area contributed by atoms with Crippen LogP contribution in [-0.4, -0.2) is 22.1 Å². The third-order valence-electron chi connectivity index (χ3n) is 2.86. The van der Waals surface area contributed by atoms with Gasteiger partial charge >= 0.3 is 5.97 Å². The van der Waals surface area contributed by atoms with E-state index in [1.165, 1.54) is 6.92 Å². The van der Waals surface area contributed by atoms with E-state index in [4.69, 9.17) is 16.1 Å². The highest BCUT2D eigenvalue weighted by atomic mass is 35.5. The highest BCUT2D eigenvalue weighted by Crippen LogP contribution is 2.29. The average molecular weight is 309 g/mol. The van der Waals surface area contributed by atoms with Crippen LogP contribution in [0.2, 0.25) is 5.02 Å². The molecule has 1 aromatic heterocycles. The van der Waals surface area contributed by atoms with Crippen LogP contribution in [0.3, 0.4) is 0 Å². The van der Waals surface area contributed by atoms with Gasteiger partial charge in [-0.1, -0.05) is 28.9 Å². The second-order valence-corrected chi connectivity index (χ2v) is 4.94. The zero-order valence-electron chi connectivity index (χ0n) is 11.4. The Morgan fingerprint density at radius 1 is 1.33 bits per heavy atom. The third kappa shape index (κ3) is 3.22. The number of carboxylic acid groups (broad SMARTS) is 1. The van der Waals surface area contributed by atoms with E-state index < -0.39 is 12.0 Å². The lowest BCUT2D eigenvalue weighted by Crippen LogP contribution is -2.24. The molecule has 0 saturated heterocycles. The van der Waals surface area contributed by atoms with Crippen LogP contribution in [0.15, 0.2) is 28.8 Å². The van der Waals surface area contributed by atoms with Crippen molar-refractivity contribution in [3.05, 3.63) is 40.6 Å². The zero-order chi connectivity index (χ0) is 15.6. The van der Waals surface area contributed by atoms with Crippen LogP contribution in [0, 0.1) is 0 Å². The quantitative estimate of drug-likeness (QED) is 0.906. The molecule has 1 aromatic carbocycles. The number of nitrogens with zero attached hydrogens (tertiary/aromatic N) is 1. The molecule has 0 spiro atoms. The number of nitrogens with one attached hydrogen (secondary N) is 1. The highest BCUT2D eigenvalue weighted by Gasteiger charge is 2.27. The van der Waals surface area contributed by atoms with Gasteiger partial charge in [-0.05, 0) is 19.1 Å². The third-order valence-corrected chi connectivity index (χ3v) is 3.12. The number of carbonyl (C=O) groups is 2. The van der Waals surface area contributed by atoms with Gasteiger partial charge in [-0.2, -0.15) is 0 Å². The van der Waals surface area contributed by atoms with E-state index in [2.05, 4.69) is 10.5 Å². The van der Waals surface area contributed by atoms with E-state index >= 15 is 0 Å². The second kappa shape index (κ2) is 5.97. The normalized spacial score (nSPS) is 12.0.